The van der Waals surface area contributed by atoms with Gasteiger partial charge in [0.2, 0.25) is 5.91 Å². The molecular weight excluding hydrogens is 244 g/mol. The minimum atomic E-state index is -0.378. The van der Waals surface area contributed by atoms with Crippen LogP contribution in [-0.4, -0.2) is 49.1 Å². The van der Waals surface area contributed by atoms with Gasteiger partial charge in [-0.15, -0.1) is 0 Å². The van der Waals surface area contributed by atoms with Crippen molar-refractivity contribution in [2.75, 3.05) is 20.2 Å². The van der Waals surface area contributed by atoms with Gasteiger partial charge in [-0.1, -0.05) is 12.8 Å². The summed E-state index contributed by atoms with van der Waals surface area (Å²) in [6.07, 6.45) is 7.51. The second-order valence-electron chi connectivity index (χ2n) is 5.48. The molecule has 0 aromatic rings. The van der Waals surface area contributed by atoms with Crippen LogP contribution in [0.3, 0.4) is 0 Å². The minimum Gasteiger partial charge on any atom is -0.467 e. The summed E-state index contributed by atoms with van der Waals surface area (Å²) in [5, 5.41) is 3.31. The first-order valence-electron chi connectivity index (χ1n) is 7.33. The molecule has 2 aliphatic rings. The first-order chi connectivity index (χ1) is 9.22. The van der Waals surface area contributed by atoms with E-state index in [-0.39, 0.29) is 17.9 Å². The number of likely N-dealkylation sites (tertiary alicyclic amines) is 1. The van der Waals surface area contributed by atoms with Crippen molar-refractivity contribution in [2.45, 2.75) is 57.0 Å². The molecule has 1 N–H and O–H groups in total. The lowest BCUT2D eigenvalue weighted by Gasteiger charge is -2.34. The number of nitrogens with one attached hydrogen (secondary N) is 1. The van der Waals surface area contributed by atoms with Gasteiger partial charge in [-0.25, -0.2) is 4.79 Å². The van der Waals surface area contributed by atoms with E-state index in [4.69, 9.17) is 4.74 Å². The summed E-state index contributed by atoms with van der Waals surface area (Å²) in [5.74, 6) is -0.254. The molecule has 2 rings (SSSR count). The molecule has 1 heterocycles. The predicted octanol–water partition coefficient (Wildman–Crippen LogP) is 1.07. The van der Waals surface area contributed by atoms with Gasteiger partial charge in [-0.2, -0.15) is 0 Å². The Morgan fingerprint density at radius 2 is 1.84 bits per heavy atom. The van der Waals surface area contributed by atoms with Gasteiger partial charge in [0.25, 0.3) is 0 Å². The van der Waals surface area contributed by atoms with Gasteiger partial charge >= 0.3 is 5.97 Å². The zero-order chi connectivity index (χ0) is 13.7. The van der Waals surface area contributed by atoms with Crippen LogP contribution >= 0.6 is 0 Å². The van der Waals surface area contributed by atoms with E-state index in [1.807, 2.05) is 0 Å². The van der Waals surface area contributed by atoms with Crippen LogP contribution in [0.2, 0.25) is 0 Å². The molecule has 0 aromatic carbocycles. The first kappa shape index (κ1) is 14.3. The number of rotatable bonds is 4. The Kier molecular flexibility index (Phi) is 5.19. The third kappa shape index (κ3) is 3.69. The molecule has 19 heavy (non-hydrogen) atoms. The minimum absolute atomic E-state index is 0.0296. The fourth-order valence-electron chi connectivity index (χ4n) is 3.07. The van der Waals surface area contributed by atoms with Crippen LogP contribution in [-0.2, 0) is 14.3 Å². The molecule has 2 fully saturated rings. The zero-order valence-electron chi connectivity index (χ0n) is 11.7. The lowest BCUT2D eigenvalue weighted by atomic mass is 10.0. The Morgan fingerprint density at radius 3 is 2.53 bits per heavy atom. The number of nitrogens with zero attached hydrogens (tertiary/aromatic N) is 1. The largest absolute Gasteiger partial charge is 0.467 e. The zero-order valence-corrected chi connectivity index (χ0v) is 11.7. The molecule has 0 spiro atoms. The summed E-state index contributed by atoms with van der Waals surface area (Å²) in [6.45, 7) is 1.02. The second kappa shape index (κ2) is 6.89. The van der Waals surface area contributed by atoms with Crippen molar-refractivity contribution < 1.29 is 14.3 Å². The number of ether oxygens (including phenoxy) is 1. The number of piperidine rings is 1. The summed E-state index contributed by atoms with van der Waals surface area (Å²) in [7, 11) is 1.39. The SMILES string of the molecule is COC(=O)C1CCCCN1C(=O)CNC1CCCC1. The molecule has 1 atom stereocenters. The highest BCUT2D eigenvalue weighted by Gasteiger charge is 2.32. The lowest BCUT2D eigenvalue weighted by Crippen LogP contribution is -2.51. The number of hydrogen-bond acceptors (Lipinski definition) is 4. The van der Waals surface area contributed by atoms with Crippen molar-refractivity contribution in [3.05, 3.63) is 0 Å². The first-order valence-corrected chi connectivity index (χ1v) is 7.33. The van der Waals surface area contributed by atoms with Gasteiger partial charge in [0.05, 0.1) is 13.7 Å². The Morgan fingerprint density at radius 1 is 1.16 bits per heavy atom. The highest BCUT2D eigenvalue weighted by atomic mass is 16.5. The lowest BCUT2D eigenvalue weighted by molar-refractivity contribution is -0.154. The highest BCUT2D eigenvalue weighted by molar-refractivity contribution is 5.85. The van der Waals surface area contributed by atoms with Crippen LogP contribution in [0.5, 0.6) is 0 Å². The number of carbonyl (C=O) groups excluding carboxylic acids is 2. The van der Waals surface area contributed by atoms with E-state index in [0.717, 1.165) is 32.1 Å². The van der Waals surface area contributed by atoms with Crippen molar-refractivity contribution in [1.82, 2.24) is 10.2 Å². The third-order valence-corrected chi connectivity index (χ3v) is 4.19. The number of carbonyl (C=O) groups is 2. The van der Waals surface area contributed by atoms with Gasteiger partial charge in [0.1, 0.15) is 6.04 Å². The number of hydrogen-bond donors (Lipinski definition) is 1. The van der Waals surface area contributed by atoms with Gasteiger partial charge in [0, 0.05) is 12.6 Å². The molecule has 1 aliphatic carbocycles. The molecule has 1 unspecified atom stereocenters. The van der Waals surface area contributed by atoms with Crippen molar-refractivity contribution >= 4 is 11.9 Å². The van der Waals surface area contributed by atoms with Crippen LogP contribution in [0.1, 0.15) is 44.9 Å². The summed E-state index contributed by atoms with van der Waals surface area (Å²) in [5.41, 5.74) is 0. The molecule has 5 nitrogen and oxygen atoms in total. The average molecular weight is 268 g/mol. The quantitative estimate of drug-likeness (QED) is 0.775. The average Bonchev–Trinajstić information content (AvgIpc) is 2.97. The number of esters is 1. The van der Waals surface area contributed by atoms with E-state index in [1.165, 1.54) is 20.0 Å². The number of methoxy groups -OCH3 is 1. The molecule has 1 amide bonds. The summed E-state index contributed by atoms with van der Waals surface area (Å²) in [6, 6.07) is 0.0990. The van der Waals surface area contributed by atoms with Crippen LogP contribution in [0.4, 0.5) is 0 Å². The van der Waals surface area contributed by atoms with Gasteiger partial charge in [-0.3, -0.25) is 4.79 Å². The maximum Gasteiger partial charge on any atom is 0.328 e. The monoisotopic (exact) mass is 268 g/mol. The molecule has 5 heteroatoms. The van der Waals surface area contributed by atoms with Crippen molar-refractivity contribution in [2.24, 2.45) is 0 Å². The fourth-order valence-corrected chi connectivity index (χ4v) is 3.07. The van der Waals surface area contributed by atoms with E-state index in [1.54, 1.807) is 4.90 Å². The van der Waals surface area contributed by atoms with Gasteiger partial charge < -0.3 is 15.0 Å². The van der Waals surface area contributed by atoms with Crippen LogP contribution in [0.15, 0.2) is 0 Å². The van der Waals surface area contributed by atoms with Crippen LogP contribution < -0.4 is 5.32 Å². The normalized spacial score (nSPS) is 24.5. The molecule has 1 aliphatic heterocycles. The third-order valence-electron chi connectivity index (χ3n) is 4.19. The van der Waals surface area contributed by atoms with E-state index < -0.39 is 0 Å². The molecule has 1 saturated heterocycles. The predicted molar refractivity (Wildman–Crippen MR) is 71.6 cm³/mol. The van der Waals surface area contributed by atoms with E-state index >= 15 is 0 Å². The molecule has 0 radical (unpaired) electrons. The molecular formula is C14H24N2O3. The summed E-state index contributed by atoms with van der Waals surface area (Å²) in [4.78, 5) is 25.6. The Bertz CT molecular complexity index is 327. The Hall–Kier alpha value is -1.10. The maximum atomic E-state index is 12.2. The van der Waals surface area contributed by atoms with Crippen molar-refractivity contribution in [3.63, 3.8) is 0 Å². The fraction of sp³-hybridized carbons (Fsp3) is 0.857. The van der Waals surface area contributed by atoms with Gasteiger partial charge in [0.15, 0.2) is 0 Å². The maximum absolute atomic E-state index is 12.2. The highest BCUT2D eigenvalue weighted by Crippen LogP contribution is 2.19. The standard InChI is InChI=1S/C14H24N2O3/c1-19-14(18)12-8-4-5-9-16(12)13(17)10-15-11-6-2-3-7-11/h11-12,15H,2-10H2,1H3. The van der Waals surface area contributed by atoms with E-state index in [2.05, 4.69) is 5.32 Å². The van der Waals surface area contributed by atoms with E-state index in [0.29, 0.717) is 19.1 Å². The van der Waals surface area contributed by atoms with E-state index in [9.17, 15) is 9.59 Å². The Labute approximate surface area is 114 Å². The van der Waals surface area contributed by atoms with Crippen LogP contribution in [0, 0.1) is 0 Å². The summed E-state index contributed by atoms with van der Waals surface area (Å²) < 4.78 is 4.79. The topological polar surface area (TPSA) is 58.6 Å². The summed E-state index contributed by atoms with van der Waals surface area (Å²) >= 11 is 0. The van der Waals surface area contributed by atoms with Crippen molar-refractivity contribution in [1.29, 1.82) is 0 Å². The van der Waals surface area contributed by atoms with Gasteiger partial charge in [-0.05, 0) is 32.1 Å². The van der Waals surface area contributed by atoms with Crippen LogP contribution in [0.25, 0.3) is 0 Å². The molecule has 1 saturated carbocycles. The molecule has 0 bridgehead atoms. The van der Waals surface area contributed by atoms with Crippen molar-refractivity contribution in [3.8, 4) is 0 Å². The molecule has 108 valence electrons. The Balaban J connectivity index is 1.85. The second-order valence-corrected chi connectivity index (χ2v) is 5.48. The molecule has 0 aromatic heterocycles. The number of amides is 1. The smallest absolute Gasteiger partial charge is 0.328 e.